The zero-order valence-electron chi connectivity index (χ0n) is 19.5. The maximum absolute atomic E-state index is 14.8. The number of carbonyl (C=O) groups is 2. The lowest BCUT2D eigenvalue weighted by atomic mass is 10.0. The van der Waals surface area contributed by atoms with E-state index in [2.05, 4.69) is 5.32 Å². The molecule has 0 fully saturated rings. The van der Waals surface area contributed by atoms with Gasteiger partial charge in [-0.2, -0.15) is 0 Å². The molecule has 0 aliphatic heterocycles. The normalized spacial score (nSPS) is 13.4. The van der Waals surface area contributed by atoms with Crippen LogP contribution in [-0.2, 0) is 19.6 Å². The van der Waals surface area contributed by atoms with Crippen molar-refractivity contribution in [3.63, 3.8) is 0 Å². The Balaban J connectivity index is 2.26. The van der Waals surface area contributed by atoms with Crippen LogP contribution in [-0.4, -0.2) is 32.2 Å². The number of amides is 1. The van der Waals surface area contributed by atoms with Crippen LogP contribution in [0, 0.1) is 15.3 Å². The van der Waals surface area contributed by atoms with E-state index in [1.807, 2.05) is 36.4 Å². The Kier molecular flexibility index (Phi) is 10.3. The van der Waals surface area contributed by atoms with Crippen LogP contribution in [0.1, 0.15) is 47.0 Å². The van der Waals surface area contributed by atoms with Crippen molar-refractivity contribution in [2.45, 2.75) is 63.9 Å². The summed E-state index contributed by atoms with van der Waals surface area (Å²) in [6.07, 6.45) is 0.774. The lowest BCUT2D eigenvalue weighted by Gasteiger charge is -2.31. The number of rotatable bonds is 11. The minimum Gasteiger partial charge on any atom is -0.346 e. The molecule has 10 heteroatoms. The van der Waals surface area contributed by atoms with Gasteiger partial charge in [0.15, 0.2) is 5.78 Å². The van der Waals surface area contributed by atoms with Crippen LogP contribution in [0.2, 0.25) is 5.02 Å². The fraction of sp³-hybridized carbons (Fsp3) is 0.417. The SMILES string of the molecule is CC(=O)C(NC(=O)CCCC(C)N(c1cc(I)ccc1F)S(=O)(=O)c1ccc(Cl)cc1)C(C)C. The minimum absolute atomic E-state index is 0.0130. The molecule has 0 aliphatic carbocycles. The Hall–Kier alpha value is -1.72. The maximum atomic E-state index is 14.8. The topological polar surface area (TPSA) is 83.6 Å². The summed E-state index contributed by atoms with van der Waals surface area (Å²) < 4.78 is 43.6. The fourth-order valence-corrected chi connectivity index (χ4v) is 5.92. The van der Waals surface area contributed by atoms with Gasteiger partial charge in [-0.1, -0.05) is 25.4 Å². The molecule has 2 unspecified atom stereocenters. The number of nitrogens with zero attached hydrogens (tertiary/aromatic N) is 1. The van der Waals surface area contributed by atoms with Crippen molar-refractivity contribution in [1.29, 1.82) is 0 Å². The van der Waals surface area contributed by atoms with Gasteiger partial charge in [-0.3, -0.25) is 13.9 Å². The second-order valence-corrected chi connectivity index (χ2v) is 12.0. The molecule has 0 spiro atoms. The van der Waals surface area contributed by atoms with Crippen LogP contribution in [0.4, 0.5) is 10.1 Å². The smallest absolute Gasteiger partial charge is 0.264 e. The molecule has 2 rings (SSSR count). The van der Waals surface area contributed by atoms with E-state index < -0.39 is 27.9 Å². The number of halogens is 3. The Morgan fingerprint density at radius 1 is 1.12 bits per heavy atom. The van der Waals surface area contributed by atoms with E-state index >= 15 is 0 Å². The molecule has 2 atom stereocenters. The van der Waals surface area contributed by atoms with Gasteiger partial charge >= 0.3 is 0 Å². The van der Waals surface area contributed by atoms with Gasteiger partial charge in [0.25, 0.3) is 10.0 Å². The molecular weight excluding hydrogens is 594 g/mol. The molecule has 2 aromatic rings. The third-order valence-electron chi connectivity index (χ3n) is 5.36. The first-order valence-electron chi connectivity index (χ1n) is 10.9. The van der Waals surface area contributed by atoms with Crippen LogP contribution in [0.15, 0.2) is 47.4 Å². The summed E-state index contributed by atoms with van der Waals surface area (Å²) in [5.41, 5.74) is -0.0600. The second kappa shape index (κ2) is 12.3. The number of nitrogens with one attached hydrogen (secondary N) is 1. The standard InChI is InChI=1S/C24H29ClFIN2O4S/c1-15(2)24(17(4)30)28-23(31)7-5-6-16(3)29(22-14-19(27)10-13-21(22)26)34(32,33)20-11-8-18(25)9-12-20/h8-16,24H,5-7H2,1-4H3,(H,28,31). The summed E-state index contributed by atoms with van der Waals surface area (Å²) in [5.74, 6) is -1.10. The molecule has 6 nitrogen and oxygen atoms in total. The quantitative estimate of drug-likeness (QED) is 0.333. The molecule has 0 heterocycles. The molecular formula is C24H29ClFIN2O4S. The molecule has 0 saturated heterocycles. The lowest BCUT2D eigenvalue weighted by molar-refractivity contribution is -0.127. The highest BCUT2D eigenvalue weighted by molar-refractivity contribution is 14.1. The molecule has 0 bridgehead atoms. The van der Waals surface area contributed by atoms with Gasteiger partial charge in [0.1, 0.15) is 5.82 Å². The lowest BCUT2D eigenvalue weighted by Crippen LogP contribution is -2.43. The Bertz CT molecular complexity index is 1130. The Morgan fingerprint density at radius 2 is 1.74 bits per heavy atom. The molecule has 2 aromatic carbocycles. The number of anilines is 1. The largest absolute Gasteiger partial charge is 0.346 e. The predicted octanol–water partition coefficient (Wildman–Crippen LogP) is 5.57. The van der Waals surface area contributed by atoms with Crippen LogP contribution in [0.3, 0.4) is 0 Å². The average Bonchev–Trinajstić information content (AvgIpc) is 2.74. The van der Waals surface area contributed by atoms with Crippen LogP contribution < -0.4 is 9.62 Å². The number of carbonyl (C=O) groups excluding carboxylic acids is 2. The first-order chi connectivity index (χ1) is 15.8. The molecule has 0 aromatic heterocycles. The van der Waals surface area contributed by atoms with E-state index in [0.29, 0.717) is 21.4 Å². The van der Waals surface area contributed by atoms with E-state index in [-0.39, 0.29) is 34.6 Å². The van der Waals surface area contributed by atoms with E-state index in [0.717, 1.165) is 4.31 Å². The van der Waals surface area contributed by atoms with Crippen molar-refractivity contribution < 1.29 is 22.4 Å². The second-order valence-electron chi connectivity index (χ2n) is 8.49. The zero-order chi connectivity index (χ0) is 25.6. The van der Waals surface area contributed by atoms with Crippen molar-refractivity contribution in [1.82, 2.24) is 5.32 Å². The number of ketones is 1. The van der Waals surface area contributed by atoms with Crippen molar-refractivity contribution >= 4 is 61.6 Å². The highest BCUT2D eigenvalue weighted by Gasteiger charge is 2.31. The van der Waals surface area contributed by atoms with Crippen LogP contribution in [0.5, 0.6) is 0 Å². The van der Waals surface area contributed by atoms with Crippen molar-refractivity contribution in [2.24, 2.45) is 5.92 Å². The average molecular weight is 623 g/mol. The summed E-state index contributed by atoms with van der Waals surface area (Å²) >= 11 is 7.91. The van der Waals surface area contributed by atoms with Gasteiger partial charge in [-0.25, -0.2) is 12.8 Å². The summed E-state index contributed by atoms with van der Waals surface area (Å²) in [6, 6.07) is 8.75. The van der Waals surface area contributed by atoms with Gasteiger partial charge in [0.05, 0.1) is 16.6 Å². The molecule has 0 radical (unpaired) electrons. The highest BCUT2D eigenvalue weighted by atomic mass is 127. The van der Waals surface area contributed by atoms with Gasteiger partial charge in [0, 0.05) is 21.1 Å². The number of Topliss-reactive ketones (excluding diaryl/α,β-unsaturated/α-hetero) is 1. The third kappa shape index (κ3) is 7.39. The predicted molar refractivity (Wildman–Crippen MR) is 141 cm³/mol. The first kappa shape index (κ1) is 28.5. The van der Waals surface area contributed by atoms with E-state index in [1.165, 1.54) is 43.3 Å². The highest BCUT2D eigenvalue weighted by Crippen LogP contribution is 2.32. The minimum atomic E-state index is -4.12. The Labute approximate surface area is 219 Å². The van der Waals surface area contributed by atoms with Gasteiger partial charge < -0.3 is 5.32 Å². The number of benzene rings is 2. The van der Waals surface area contributed by atoms with E-state index in [1.54, 1.807) is 13.0 Å². The fourth-order valence-electron chi connectivity index (χ4n) is 3.64. The van der Waals surface area contributed by atoms with Crippen LogP contribution >= 0.6 is 34.2 Å². The van der Waals surface area contributed by atoms with Crippen molar-refractivity contribution in [3.05, 3.63) is 56.9 Å². The molecule has 1 N–H and O–H groups in total. The molecule has 186 valence electrons. The maximum Gasteiger partial charge on any atom is 0.264 e. The molecule has 0 saturated carbocycles. The summed E-state index contributed by atoms with van der Waals surface area (Å²) in [4.78, 5) is 24.1. The van der Waals surface area contributed by atoms with E-state index in [4.69, 9.17) is 11.6 Å². The molecule has 34 heavy (non-hydrogen) atoms. The van der Waals surface area contributed by atoms with E-state index in [9.17, 15) is 22.4 Å². The van der Waals surface area contributed by atoms with Gasteiger partial charge in [-0.15, -0.1) is 0 Å². The van der Waals surface area contributed by atoms with Crippen LogP contribution in [0.25, 0.3) is 0 Å². The molecule has 0 aliphatic rings. The number of hydrogen-bond acceptors (Lipinski definition) is 4. The first-order valence-corrected chi connectivity index (χ1v) is 13.8. The van der Waals surface area contributed by atoms with Crippen molar-refractivity contribution in [2.75, 3.05) is 4.31 Å². The zero-order valence-corrected chi connectivity index (χ0v) is 23.2. The van der Waals surface area contributed by atoms with Crippen molar-refractivity contribution in [3.8, 4) is 0 Å². The summed E-state index contributed by atoms with van der Waals surface area (Å²) in [6.45, 7) is 6.81. The monoisotopic (exact) mass is 622 g/mol. The summed E-state index contributed by atoms with van der Waals surface area (Å²) in [5, 5.41) is 3.12. The number of hydrogen-bond donors (Lipinski definition) is 1. The van der Waals surface area contributed by atoms with Gasteiger partial charge in [-0.05, 0) is 97.7 Å². The Morgan fingerprint density at radius 3 is 2.29 bits per heavy atom. The third-order valence-corrected chi connectivity index (χ3v) is 8.23. The van der Waals surface area contributed by atoms with Gasteiger partial charge in [0.2, 0.25) is 5.91 Å². The summed E-state index contributed by atoms with van der Waals surface area (Å²) in [7, 11) is -4.12. The molecule has 1 amide bonds. The number of sulfonamides is 1.